The van der Waals surface area contributed by atoms with Crippen molar-refractivity contribution < 1.29 is 0 Å². The van der Waals surface area contributed by atoms with E-state index in [-0.39, 0.29) is 0 Å². The predicted molar refractivity (Wildman–Crippen MR) is 75.2 cm³/mol. The van der Waals surface area contributed by atoms with Gasteiger partial charge in [-0.2, -0.15) is 0 Å². The van der Waals surface area contributed by atoms with Gasteiger partial charge in [-0.05, 0) is 44.4 Å². The van der Waals surface area contributed by atoms with E-state index < -0.39 is 0 Å². The maximum absolute atomic E-state index is 5.90. The van der Waals surface area contributed by atoms with E-state index in [9.17, 15) is 0 Å². The van der Waals surface area contributed by atoms with Gasteiger partial charge in [-0.1, -0.05) is 24.6 Å². The third-order valence-corrected chi connectivity index (χ3v) is 4.16. The molecule has 1 aliphatic rings. The molecule has 1 fully saturated rings. The molecule has 19 heavy (non-hydrogen) atoms. The highest BCUT2D eigenvalue weighted by Gasteiger charge is 2.32. The first kappa shape index (κ1) is 12.4. The third kappa shape index (κ3) is 2.16. The zero-order valence-corrected chi connectivity index (χ0v) is 11.3. The van der Waals surface area contributed by atoms with Gasteiger partial charge in [0.15, 0.2) is 0 Å². The van der Waals surface area contributed by atoms with Gasteiger partial charge < -0.3 is 5.73 Å². The second-order valence-electron chi connectivity index (χ2n) is 5.31. The van der Waals surface area contributed by atoms with Gasteiger partial charge in [-0.25, -0.2) is 0 Å². The molecule has 3 rings (SSSR count). The van der Waals surface area contributed by atoms with Gasteiger partial charge in [-0.15, -0.1) is 10.2 Å². The standard InChI is InChI=1S/C15H20N4/c1-11-17-18-15(14-9-5-6-12(14)10-16)19(11)13-7-3-2-4-8-13/h2-4,7-8,12,14H,5-6,9-10,16H2,1H3. The molecule has 1 aromatic carbocycles. The average Bonchev–Trinajstić information content (AvgIpc) is 3.05. The first-order valence-electron chi connectivity index (χ1n) is 6.98. The molecule has 1 aliphatic carbocycles. The Morgan fingerprint density at radius 1 is 1.21 bits per heavy atom. The molecule has 100 valence electrons. The summed E-state index contributed by atoms with van der Waals surface area (Å²) in [5.41, 5.74) is 7.04. The van der Waals surface area contributed by atoms with Crippen molar-refractivity contribution in [3.63, 3.8) is 0 Å². The normalized spacial score (nSPS) is 22.8. The molecule has 0 spiro atoms. The third-order valence-electron chi connectivity index (χ3n) is 4.16. The van der Waals surface area contributed by atoms with Crippen molar-refractivity contribution in [1.82, 2.24) is 14.8 Å². The molecule has 2 unspecified atom stereocenters. The van der Waals surface area contributed by atoms with E-state index in [0.717, 1.165) is 23.9 Å². The van der Waals surface area contributed by atoms with Gasteiger partial charge in [0.1, 0.15) is 11.6 Å². The number of rotatable bonds is 3. The summed E-state index contributed by atoms with van der Waals surface area (Å²) in [6.45, 7) is 2.75. The van der Waals surface area contributed by atoms with Crippen molar-refractivity contribution in [3.05, 3.63) is 42.0 Å². The molecule has 1 aromatic heterocycles. The zero-order chi connectivity index (χ0) is 13.2. The number of benzene rings is 1. The van der Waals surface area contributed by atoms with E-state index in [2.05, 4.69) is 26.9 Å². The summed E-state index contributed by atoms with van der Waals surface area (Å²) in [4.78, 5) is 0. The number of aryl methyl sites for hydroxylation is 1. The SMILES string of the molecule is Cc1nnc(C2CCCC2CN)n1-c1ccccc1. The Morgan fingerprint density at radius 2 is 2.00 bits per heavy atom. The largest absolute Gasteiger partial charge is 0.330 e. The van der Waals surface area contributed by atoms with Crippen molar-refractivity contribution in [3.8, 4) is 5.69 Å². The lowest BCUT2D eigenvalue weighted by Gasteiger charge is -2.18. The second-order valence-corrected chi connectivity index (χ2v) is 5.31. The summed E-state index contributed by atoms with van der Waals surface area (Å²) in [5.74, 6) is 3.03. The minimum absolute atomic E-state index is 0.450. The lowest BCUT2D eigenvalue weighted by Crippen LogP contribution is -2.20. The van der Waals surface area contributed by atoms with Crippen LogP contribution in [0.25, 0.3) is 5.69 Å². The molecule has 2 aromatic rings. The summed E-state index contributed by atoms with van der Waals surface area (Å²) in [7, 11) is 0. The van der Waals surface area contributed by atoms with Gasteiger partial charge in [-0.3, -0.25) is 4.57 Å². The second kappa shape index (κ2) is 5.13. The van der Waals surface area contributed by atoms with Gasteiger partial charge in [0.05, 0.1) is 0 Å². The van der Waals surface area contributed by atoms with Gasteiger partial charge in [0, 0.05) is 11.6 Å². The minimum atomic E-state index is 0.450. The van der Waals surface area contributed by atoms with E-state index in [1.807, 2.05) is 25.1 Å². The highest BCUT2D eigenvalue weighted by molar-refractivity contribution is 5.34. The summed E-state index contributed by atoms with van der Waals surface area (Å²) >= 11 is 0. The van der Waals surface area contributed by atoms with Gasteiger partial charge >= 0.3 is 0 Å². The van der Waals surface area contributed by atoms with Crippen molar-refractivity contribution >= 4 is 0 Å². The van der Waals surface area contributed by atoms with Crippen LogP contribution in [-0.4, -0.2) is 21.3 Å². The molecule has 1 heterocycles. The molecule has 2 N–H and O–H groups in total. The number of hydrogen-bond acceptors (Lipinski definition) is 3. The Morgan fingerprint density at radius 3 is 2.74 bits per heavy atom. The molecule has 0 saturated heterocycles. The van der Waals surface area contributed by atoms with Crippen LogP contribution in [0.1, 0.15) is 36.8 Å². The summed E-state index contributed by atoms with van der Waals surface area (Å²) in [6, 6.07) is 10.3. The average molecular weight is 256 g/mol. The maximum atomic E-state index is 5.90. The molecule has 0 bridgehead atoms. The van der Waals surface area contributed by atoms with Crippen LogP contribution < -0.4 is 5.73 Å². The first-order chi connectivity index (χ1) is 9.31. The quantitative estimate of drug-likeness (QED) is 0.917. The molecule has 0 aliphatic heterocycles. The lowest BCUT2D eigenvalue weighted by molar-refractivity contribution is 0.471. The lowest BCUT2D eigenvalue weighted by atomic mass is 9.95. The highest BCUT2D eigenvalue weighted by atomic mass is 15.3. The monoisotopic (exact) mass is 256 g/mol. The summed E-state index contributed by atoms with van der Waals surface area (Å²) in [6.07, 6.45) is 3.63. The van der Waals surface area contributed by atoms with Crippen molar-refractivity contribution in [2.45, 2.75) is 32.1 Å². The minimum Gasteiger partial charge on any atom is -0.330 e. The van der Waals surface area contributed by atoms with Crippen molar-refractivity contribution in [2.75, 3.05) is 6.54 Å². The Bertz CT molecular complexity index is 547. The van der Waals surface area contributed by atoms with Crippen LogP contribution in [0.5, 0.6) is 0 Å². The van der Waals surface area contributed by atoms with Crippen LogP contribution in [-0.2, 0) is 0 Å². The van der Waals surface area contributed by atoms with E-state index >= 15 is 0 Å². The maximum Gasteiger partial charge on any atom is 0.141 e. The number of para-hydroxylation sites is 1. The molecule has 4 nitrogen and oxygen atoms in total. The molecule has 4 heteroatoms. The first-order valence-corrected chi connectivity index (χ1v) is 6.98. The van der Waals surface area contributed by atoms with Crippen LogP contribution >= 0.6 is 0 Å². The molecule has 2 atom stereocenters. The van der Waals surface area contributed by atoms with E-state index in [1.54, 1.807) is 0 Å². The number of nitrogens with zero attached hydrogens (tertiary/aromatic N) is 3. The van der Waals surface area contributed by atoms with Crippen molar-refractivity contribution in [2.24, 2.45) is 11.7 Å². The van der Waals surface area contributed by atoms with Crippen LogP contribution in [0.15, 0.2) is 30.3 Å². The number of hydrogen-bond donors (Lipinski definition) is 1. The zero-order valence-electron chi connectivity index (χ0n) is 11.3. The van der Waals surface area contributed by atoms with E-state index in [0.29, 0.717) is 11.8 Å². The smallest absolute Gasteiger partial charge is 0.141 e. The van der Waals surface area contributed by atoms with Gasteiger partial charge in [0.25, 0.3) is 0 Å². The van der Waals surface area contributed by atoms with Crippen LogP contribution in [0.3, 0.4) is 0 Å². The predicted octanol–water partition coefficient (Wildman–Crippen LogP) is 2.42. The van der Waals surface area contributed by atoms with Crippen LogP contribution in [0.2, 0.25) is 0 Å². The number of nitrogens with two attached hydrogens (primary N) is 1. The Hall–Kier alpha value is -1.68. The fourth-order valence-electron chi connectivity index (χ4n) is 3.17. The van der Waals surface area contributed by atoms with Crippen LogP contribution in [0, 0.1) is 12.8 Å². The molecule has 0 radical (unpaired) electrons. The highest BCUT2D eigenvalue weighted by Crippen LogP contribution is 2.39. The van der Waals surface area contributed by atoms with Crippen molar-refractivity contribution in [1.29, 1.82) is 0 Å². The molecule has 0 amide bonds. The Kier molecular flexibility index (Phi) is 3.34. The number of aromatic nitrogens is 3. The summed E-state index contributed by atoms with van der Waals surface area (Å²) < 4.78 is 2.18. The fraction of sp³-hybridized carbons (Fsp3) is 0.467. The topological polar surface area (TPSA) is 56.7 Å². The van der Waals surface area contributed by atoms with E-state index in [4.69, 9.17) is 5.73 Å². The molecule has 1 saturated carbocycles. The molecular weight excluding hydrogens is 236 g/mol. The van der Waals surface area contributed by atoms with Gasteiger partial charge in [0.2, 0.25) is 0 Å². The summed E-state index contributed by atoms with van der Waals surface area (Å²) in [5, 5.41) is 8.71. The van der Waals surface area contributed by atoms with Crippen LogP contribution in [0.4, 0.5) is 0 Å². The van der Waals surface area contributed by atoms with E-state index in [1.165, 1.54) is 19.3 Å². The molecular formula is C15H20N4. The Balaban J connectivity index is 2.04. The Labute approximate surface area is 113 Å². The fourth-order valence-corrected chi connectivity index (χ4v) is 3.17.